The van der Waals surface area contributed by atoms with Crippen LogP contribution < -0.4 is 10.2 Å². The molecule has 0 atom stereocenters. The molecule has 1 fully saturated rings. The van der Waals surface area contributed by atoms with Gasteiger partial charge in [0.1, 0.15) is 0 Å². The van der Waals surface area contributed by atoms with E-state index in [-0.39, 0.29) is 5.91 Å². The largest absolute Gasteiger partial charge is 0.318 e. The van der Waals surface area contributed by atoms with Gasteiger partial charge in [-0.2, -0.15) is 0 Å². The zero-order chi connectivity index (χ0) is 11.5. The van der Waals surface area contributed by atoms with Gasteiger partial charge in [-0.3, -0.25) is 4.79 Å². The normalized spacial score (nSPS) is 16.2. The lowest BCUT2D eigenvalue weighted by Gasteiger charge is -2.29. The number of hydrogen-bond donors (Lipinski definition) is 1. The van der Waals surface area contributed by atoms with E-state index in [4.69, 9.17) is 12.2 Å². The van der Waals surface area contributed by atoms with Gasteiger partial charge < -0.3 is 10.2 Å². The van der Waals surface area contributed by atoms with Gasteiger partial charge in [-0.1, -0.05) is 19.1 Å². The predicted octanol–water partition coefficient (Wildman–Crippen LogP) is 1.86. The van der Waals surface area contributed by atoms with Crippen LogP contribution in [-0.2, 0) is 11.2 Å². The number of amides is 1. The van der Waals surface area contributed by atoms with Crippen molar-refractivity contribution in [1.29, 1.82) is 0 Å². The molecule has 1 heterocycles. The first kappa shape index (κ1) is 11.1. The summed E-state index contributed by atoms with van der Waals surface area (Å²) in [4.78, 5) is 13.1. The van der Waals surface area contributed by atoms with Crippen molar-refractivity contribution in [2.75, 3.05) is 11.4 Å². The topological polar surface area (TPSA) is 32.3 Å². The first-order chi connectivity index (χ1) is 7.70. The molecule has 84 valence electrons. The van der Waals surface area contributed by atoms with Crippen molar-refractivity contribution in [3.05, 3.63) is 29.8 Å². The molecule has 3 nitrogen and oxygen atoms in total. The van der Waals surface area contributed by atoms with Gasteiger partial charge in [0, 0.05) is 18.7 Å². The van der Waals surface area contributed by atoms with Crippen LogP contribution in [0.5, 0.6) is 0 Å². The Hall–Kier alpha value is -1.42. The molecule has 1 amide bonds. The van der Waals surface area contributed by atoms with Crippen molar-refractivity contribution in [3.63, 3.8) is 0 Å². The molecule has 0 aliphatic carbocycles. The molecular weight excluding hydrogens is 220 g/mol. The van der Waals surface area contributed by atoms with Crippen molar-refractivity contribution in [2.45, 2.75) is 19.8 Å². The molecule has 4 heteroatoms. The number of thiocarbonyl (C=S) groups is 1. The molecule has 2 rings (SSSR count). The first-order valence-electron chi connectivity index (χ1n) is 5.41. The molecule has 16 heavy (non-hydrogen) atoms. The fraction of sp³-hybridized carbons (Fsp3) is 0.333. The molecule has 0 aromatic heterocycles. The lowest BCUT2D eigenvalue weighted by molar-refractivity contribution is -0.119. The molecule has 1 N–H and O–H groups in total. The minimum Gasteiger partial charge on any atom is -0.318 e. The lowest BCUT2D eigenvalue weighted by atomic mass is 10.1. The van der Waals surface area contributed by atoms with Crippen molar-refractivity contribution in [3.8, 4) is 0 Å². The number of carbonyl (C=O) groups is 1. The van der Waals surface area contributed by atoms with Gasteiger partial charge in [0.05, 0.1) is 0 Å². The van der Waals surface area contributed by atoms with Crippen LogP contribution in [0.3, 0.4) is 0 Å². The summed E-state index contributed by atoms with van der Waals surface area (Å²) < 4.78 is 0. The van der Waals surface area contributed by atoms with Crippen LogP contribution in [0.2, 0.25) is 0 Å². The summed E-state index contributed by atoms with van der Waals surface area (Å²) in [7, 11) is 0. The average molecular weight is 234 g/mol. The maximum absolute atomic E-state index is 11.1. The molecule has 1 aromatic carbocycles. The molecule has 1 saturated heterocycles. The number of rotatable bonds is 2. The van der Waals surface area contributed by atoms with Crippen LogP contribution in [-0.4, -0.2) is 17.6 Å². The van der Waals surface area contributed by atoms with E-state index in [1.165, 1.54) is 5.56 Å². The summed E-state index contributed by atoms with van der Waals surface area (Å²) in [6.45, 7) is 2.79. The monoisotopic (exact) mass is 234 g/mol. The fourth-order valence-electron chi connectivity index (χ4n) is 1.72. The second kappa shape index (κ2) is 4.61. The molecule has 0 saturated carbocycles. The van der Waals surface area contributed by atoms with Crippen molar-refractivity contribution in [1.82, 2.24) is 5.32 Å². The highest BCUT2D eigenvalue weighted by atomic mass is 32.1. The molecule has 1 aromatic rings. The average Bonchev–Trinajstić information content (AvgIpc) is 2.29. The van der Waals surface area contributed by atoms with Crippen molar-refractivity contribution >= 4 is 28.9 Å². The number of hydrogen-bond acceptors (Lipinski definition) is 2. The third-order valence-electron chi connectivity index (χ3n) is 2.71. The number of anilines is 1. The van der Waals surface area contributed by atoms with E-state index >= 15 is 0 Å². The van der Waals surface area contributed by atoms with Crippen molar-refractivity contribution < 1.29 is 4.79 Å². The van der Waals surface area contributed by atoms with E-state index in [0.717, 1.165) is 12.1 Å². The molecular formula is C12H14N2OS. The van der Waals surface area contributed by atoms with Gasteiger partial charge in [-0.05, 0) is 36.3 Å². The van der Waals surface area contributed by atoms with Crippen molar-refractivity contribution in [2.24, 2.45) is 0 Å². The minimum atomic E-state index is 0.00595. The Balaban J connectivity index is 2.17. The van der Waals surface area contributed by atoms with Crippen LogP contribution in [0, 0.1) is 0 Å². The first-order valence-corrected chi connectivity index (χ1v) is 5.82. The Morgan fingerprint density at radius 2 is 2.06 bits per heavy atom. The zero-order valence-electron chi connectivity index (χ0n) is 9.19. The quantitative estimate of drug-likeness (QED) is 0.793. The van der Waals surface area contributed by atoms with Gasteiger partial charge in [-0.15, -0.1) is 0 Å². The Morgan fingerprint density at radius 3 is 2.62 bits per heavy atom. The van der Waals surface area contributed by atoms with Gasteiger partial charge in [0.15, 0.2) is 5.11 Å². The number of nitrogens with one attached hydrogen (secondary N) is 1. The van der Waals surface area contributed by atoms with Gasteiger partial charge in [0.25, 0.3) is 0 Å². The Bertz CT molecular complexity index is 414. The highest BCUT2D eigenvalue weighted by molar-refractivity contribution is 7.80. The third kappa shape index (κ3) is 2.22. The third-order valence-corrected chi connectivity index (χ3v) is 3.03. The van der Waals surface area contributed by atoms with Crippen LogP contribution in [0.25, 0.3) is 0 Å². The fourth-order valence-corrected chi connectivity index (χ4v) is 2.03. The number of benzene rings is 1. The molecule has 0 spiro atoms. The number of nitrogens with zero attached hydrogens (tertiary/aromatic N) is 1. The molecule has 0 bridgehead atoms. The standard InChI is InChI=1S/C12H14N2OS/c1-2-9-3-5-10(6-4-9)14-8-7-11(15)13-12(14)16/h3-6H,2,7-8H2,1H3,(H,13,15,16). The van der Waals surface area contributed by atoms with Crippen LogP contribution in [0.1, 0.15) is 18.9 Å². The number of carbonyl (C=O) groups excluding carboxylic acids is 1. The van der Waals surface area contributed by atoms with E-state index in [0.29, 0.717) is 18.1 Å². The Morgan fingerprint density at radius 1 is 1.38 bits per heavy atom. The van der Waals surface area contributed by atoms with E-state index < -0.39 is 0 Å². The smallest absolute Gasteiger partial charge is 0.227 e. The summed E-state index contributed by atoms with van der Waals surface area (Å²) in [6.07, 6.45) is 1.52. The van der Waals surface area contributed by atoms with E-state index in [1.54, 1.807) is 0 Å². The van der Waals surface area contributed by atoms with E-state index in [2.05, 4.69) is 24.4 Å². The van der Waals surface area contributed by atoms with Gasteiger partial charge in [-0.25, -0.2) is 0 Å². The summed E-state index contributed by atoms with van der Waals surface area (Å²) in [5.74, 6) is 0.00595. The molecule has 0 radical (unpaired) electrons. The SMILES string of the molecule is CCc1ccc(N2CCC(=O)NC2=S)cc1. The van der Waals surface area contributed by atoms with Crippen LogP contribution in [0.4, 0.5) is 5.69 Å². The Labute approximate surface area is 100 Å². The summed E-state index contributed by atoms with van der Waals surface area (Å²) in [5, 5.41) is 3.18. The molecule has 1 aliphatic heterocycles. The minimum absolute atomic E-state index is 0.00595. The maximum atomic E-state index is 11.1. The lowest BCUT2D eigenvalue weighted by Crippen LogP contribution is -2.49. The number of aryl methyl sites for hydroxylation is 1. The van der Waals surface area contributed by atoms with E-state index in [1.807, 2.05) is 17.0 Å². The van der Waals surface area contributed by atoms with Gasteiger partial charge >= 0.3 is 0 Å². The highest BCUT2D eigenvalue weighted by Gasteiger charge is 2.20. The van der Waals surface area contributed by atoms with Crippen LogP contribution >= 0.6 is 12.2 Å². The second-order valence-corrected chi connectivity index (χ2v) is 4.16. The molecule has 0 unspecified atom stereocenters. The predicted molar refractivity (Wildman–Crippen MR) is 68.5 cm³/mol. The summed E-state index contributed by atoms with van der Waals surface area (Å²) >= 11 is 5.14. The Kier molecular flexibility index (Phi) is 3.19. The summed E-state index contributed by atoms with van der Waals surface area (Å²) in [5.41, 5.74) is 2.35. The summed E-state index contributed by atoms with van der Waals surface area (Å²) in [6, 6.07) is 8.27. The second-order valence-electron chi connectivity index (χ2n) is 3.77. The maximum Gasteiger partial charge on any atom is 0.227 e. The molecule has 1 aliphatic rings. The van der Waals surface area contributed by atoms with Gasteiger partial charge in [0.2, 0.25) is 5.91 Å². The van der Waals surface area contributed by atoms with E-state index in [9.17, 15) is 4.79 Å². The van der Waals surface area contributed by atoms with Crippen LogP contribution in [0.15, 0.2) is 24.3 Å². The zero-order valence-corrected chi connectivity index (χ0v) is 10.0. The highest BCUT2D eigenvalue weighted by Crippen LogP contribution is 2.18.